The van der Waals surface area contributed by atoms with Gasteiger partial charge >= 0.3 is 5.97 Å². The monoisotopic (exact) mass is 313 g/mol. The average Bonchev–Trinajstić information content (AvgIpc) is 2.67. The number of aromatic nitrogens is 1. The molecule has 0 amide bonds. The van der Waals surface area contributed by atoms with Crippen LogP contribution in [0.4, 0.5) is 0 Å². The molecule has 1 heterocycles. The lowest BCUT2D eigenvalue weighted by molar-refractivity contribution is 0.0686. The number of hydrogen-bond acceptors (Lipinski definition) is 3. The molecular formula is C13H12ClNO4S. The summed E-state index contributed by atoms with van der Waals surface area (Å²) in [6.45, 7) is 1.56. The van der Waals surface area contributed by atoms with Gasteiger partial charge in [-0.2, -0.15) is 0 Å². The molecule has 0 unspecified atom stereocenters. The van der Waals surface area contributed by atoms with Crippen LogP contribution in [-0.4, -0.2) is 24.1 Å². The van der Waals surface area contributed by atoms with Gasteiger partial charge in [-0.3, -0.25) is 0 Å². The Labute approximate surface area is 121 Å². The number of aromatic carboxylic acids is 1. The van der Waals surface area contributed by atoms with Gasteiger partial charge in [0.25, 0.3) is 0 Å². The van der Waals surface area contributed by atoms with Crippen LogP contribution in [0, 0.1) is 6.92 Å². The molecule has 0 spiro atoms. The first-order chi connectivity index (χ1) is 9.25. The molecule has 0 saturated carbocycles. The van der Waals surface area contributed by atoms with Crippen LogP contribution in [-0.2, 0) is 16.9 Å². The summed E-state index contributed by atoms with van der Waals surface area (Å²) in [6, 6.07) is 6.91. The van der Waals surface area contributed by atoms with Crippen LogP contribution >= 0.6 is 11.6 Å². The summed E-state index contributed by atoms with van der Waals surface area (Å²) in [7, 11) is -2.25. The Morgan fingerprint density at radius 1 is 1.25 bits per heavy atom. The van der Waals surface area contributed by atoms with Crippen LogP contribution < -0.4 is 0 Å². The van der Waals surface area contributed by atoms with Crippen molar-refractivity contribution in [3.63, 3.8) is 0 Å². The number of carboxylic acids is 1. The van der Waals surface area contributed by atoms with Gasteiger partial charge in [0.05, 0.1) is 9.79 Å². The smallest absolute Gasteiger partial charge is 0.352 e. The summed E-state index contributed by atoms with van der Waals surface area (Å²) in [5.74, 6) is -1.17. The van der Waals surface area contributed by atoms with E-state index in [2.05, 4.69) is 0 Å². The van der Waals surface area contributed by atoms with E-state index >= 15 is 0 Å². The van der Waals surface area contributed by atoms with Crippen molar-refractivity contribution in [2.75, 3.05) is 0 Å². The molecule has 1 aromatic heterocycles. The maximum Gasteiger partial charge on any atom is 0.352 e. The van der Waals surface area contributed by atoms with E-state index in [1.807, 2.05) is 0 Å². The van der Waals surface area contributed by atoms with E-state index in [0.717, 1.165) is 0 Å². The Kier molecular flexibility index (Phi) is 3.62. The predicted octanol–water partition coefficient (Wildman–Crippen LogP) is 2.52. The summed E-state index contributed by atoms with van der Waals surface area (Å²) in [4.78, 5) is 11.1. The lowest BCUT2D eigenvalue weighted by atomic mass is 10.4. The molecule has 1 N–H and O–H groups in total. The minimum absolute atomic E-state index is 0.0141. The van der Waals surface area contributed by atoms with Crippen molar-refractivity contribution in [3.05, 3.63) is 46.7 Å². The SMILES string of the molecule is Cc1c(S(=O)(=O)c2ccc(Cl)cc2)cc(C(=O)O)n1C. The lowest BCUT2D eigenvalue weighted by Gasteiger charge is -2.05. The minimum Gasteiger partial charge on any atom is -0.477 e. The van der Waals surface area contributed by atoms with E-state index in [9.17, 15) is 13.2 Å². The van der Waals surface area contributed by atoms with Crippen molar-refractivity contribution in [1.82, 2.24) is 4.57 Å². The van der Waals surface area contributed by atoms with E-state index in [4.69, 9.17) is 16.7 Å². The maximum atomic E-state index is 12.5. The zero-order valence-corrected chi connectivity index (χ0v) is 12.4. The number of halogens is 1. The molecule has 2 rings (SSSR count). The van der Waals surface area contributed by atoms with Crippen molar-refractivity contribution in [1.29, 1.82) is 0 Å². The van der Waals surface area contributed by atoms with E-state index in [1.165, 1.54) is 41.9 Å². The molecule has 5 nitrogen and oxygen atoms in total. The first kappa shape index (κ1) is 14.6. The number of nitrogens with zero attached hydrogens (tertiary/aromatic N) is 1. The third kappa shape index (κ3) is 2.32. The second-order valence-corrected chi connectivity index (χ2v) is 6.66. The van der Waals surface area contributed by atoms with Gasteiger partial charge in [0.1, 0.15) is 5.69 Å². The van der Waals surface area contributed by atoms with Crippen LogP contribution in [0.2, 0.25) is 5.02 Å². The standard InChI is InChI=1S/C13H12ClNO4S/c1-8-12(7-11(13(16)17)15(8)2)20(18,19)10-5-3-9(14)4-6-10/h3-7H,1-2H3,(H,16,17). The molecule has 0 aliphatic heterocycles. The molecule has 0 atom stereocenters. The van der Waals surface area contributed by atoms with Crippen LogP contribution in [0.15, 0.2) is 40.1 Å². The third-order valence-electron chi connectivity index (χ3n) is 3.12. The molecule has 106 valence electrons. The molecule has 0 aliphatic rings. The molecule has 0 bridgehead atoms. The summed E-state index contributed by atoms with van der Waals surface area (Å²) < 4.78 is 26.3. The first-order valence-electron chi connectivity index (χ1n) is 5.65. The number of carboxylic acid groups (broad SMARTS) is 1. The van der Waals surface area contributed by atoms with Crippen molar-refractivity contribution < 1.29 is 18.3 Å². The zero-order chi connectivity index (χ0) is 15.1. The first-order valence-corrected chi connectivity index (χ1v) is 7.51. The Morgan fingerprint density at radius 2 is 1.80 bits per heavy atom. The average molecular weight is 314 g/mol. The molecule has 0 fully saturated rings. The van der Waals surface area contributed by atoms with Crippen LogP contribution in [0.1, 0.15) is 16.2 Å². The largest absolute Gasteiger partial charge is 0.477 e. The topological polar surface area (TPSA) is 76.4 Å². The number of rotatable bonds is 3. The molecule has 2 aromatic rings. The Hall–Kier alpha value is -1.79. The Morgan fingerprint density at radius 3 is 2.25 bits per heavy atom. The zero-order valence-electron chi connectivity index (χ0n) is 10.8. The highest BCUT2D eigenvalue weighted by molar-refractivity contribution is 7.91. The highest BCUT2D eigenvalue weighted by atomic mass is 35.5. The van der Waals surface area contributed by atoms with Gasteiger partial charge in [0.2, 0.25) is 9.84 Å². The number of sulfone groups is 1. The van der Waals surface area contributed by atoms with E-state index < -0.39 is 15.8 Å². The van der Waals surface area contributed by atoms with Gasteiger partial charge in [0, 0.05) is 17.8 Å². The number of benzene rings is 1. The van der Waals surface area contributed by atoms with E-state index in [-0.39, 0.29) is 15.5 Å². The van der Waals surface area contributed by atoms with Crippen molar-refractivity contribution >= 4 is 27.4 Å². The third-order valence-corrected chi connectivity index (χ3v) is 5.26. The maximum absolute atomic E-state index is 12.5. The number of carbonyl (C=O) groups is 1. The second-order valence-electron chi connectivity index (χ2n) is 4.30. The lowest BCUT2D eigenvalue weighted by Crippen LogP contribution is -2.05. The highest BCUT2D eigenvalue weighted by Gasteiger charge is 2.25. The summed E-state index contributed by atoms with van der Waals surface area (Å²) in [6.07, 6.45) is 0. The fraction of sp³-hybridized carbons (Fsp3) is 0.154. The number of hydrogen-bond donors (Lipinski definition) is 1. The van der Waals surface area contributed by atoms with Gasteiger partial charge in [-0.1, -0.05) is 11.6 Å². The van der Waals surface area contributed by atoms with E-state index in [1.54, 1.807) is 6.92 Å². The minimum atomic E-state index is -3.76. The summed E-state index contributed by atoms with van der Waals surface area (Å²) >= 11 is 5.73. The predicted molar refractivity (Wildman–Crippen MR) is 74.0 cm³/mol. The van der Waals surface area contributed by atoms with Crippen LogP contribution in [0.3, 0.4) is 0 Å². The molecule has 0 radical (unpaired) electrons. The Bertz CT molecular complexity index is 775. The molecule has 1 aromatic carbocycles. The molecular weight excluding hydrogens is 302 g/mol. The second kappa shape index (κ2) is 4.96. The highest BCUT2D eigenvalue weighted by Crippen LogP contribution is 2.27. The van der Waals surface area contributed by atoms with Crippen LogP contribution in [0.25, 0.3) is 0 Å². The van der Waals surface area contributed by atoms with Gasteiger partial charge in [-0.05, 0) is 37.3 Å². The van der Waals surface area contributed by atoms with Crippen molar-refractivity contribution in [3.8, 4) is 0 Å². The van der Waals surface area contributed by atoms with Gasteiger partial charge in [0.15, 0.2) is 0 Å². The fourth-order valence-electron chi connectivity index (χ4n) is 1.89. The van der Waals surface area contributed by atoms with E-state index in [0.29, 0.717) is 10.7 Å². The molecule has 7 heteroatoms. The quantitative estimate of drug-likeness (QED) is 0.944. The Balaban J connectivity index is 2.64. The van der Waals surface area contributed by atoms with Crippen LogP contribution in [0.5, 0.6) is 0 Å². The molecule has 0 saturated heterocycles. The summed E-state index contributed by atoms with van der Waals surface area (Å²) in [5, 5.41) is 9.47. The van der Waals surface area contributed by atoms with Crippen molar-refractivity contribution in [2.45, 2.75) is 16.7 Å². The molecule has 20 heavy (non-hydrogen) atoms. The molecule has 0 aliphatic carbocycles. The van der Waals surface area contributed by atoms with Gasteiger partial charge in [-0.25, -0.2) is 13.2 Å². The van der Waals surface area contributed by atoms with Gasteiger partial charge in [-0.15, -0.1) is 0 Å². The normalized spacial score (nSPS) is 11.6. The summed E-state index contributed by atoms with van der Waals surface area (Å²) in [5.41, 5.74) is 0.299. The van der Waals surface area contributed by atoms with Crippen molar-refractivity contribution in [2.24, 2.45) is 7.05 Å². The fourth-order valence-corrected chi connectivity index (χ4v) is 3.56. The van der Waals surface area contributed by atoms with Gasteiger partial charge < -0.3 is 9.67 Å².